The Morgan fingerprint density at radius 1 is 1.67 bits per heavy atom. The van der Waals surface area contributed by atoms with Crippen molar-refractivity contribution >= 4 is 11.8 Å². The summed E-state index contributed by atoms with van der Waals surface area (Å²) in [6.07, 6.45) is 0.923. The van der Waals surface area contributed by atoms with Gasteiger partial charge in [-0.05, 0) is 20.3 Å². The van der Waals surface area contributed by atoms with Crippen molar-refractivity contribution in [1.29, 1.82) is 0 Å². The third-order valence-electron chi connectivity index (χ3n) is 2.38. The fraction of sp³-hybridized carbons (Fsp3) is 0.800. The highest BCUT2D eigenvalue weighted by Crippen LogP contribution is 2.10. The SMILES string of the molecule is CN1CCC(NC(=O)CC(C)(C)N)C1=O. The molecule has 0 spiro atoms. The van der Waals surface area contributed by atoms with Crippen LogP contribution in [-0.2, 0) is 9.59 Å². The fourth-order valence-electron chi connectivity index (χ4n) is 1.62. The van der Waals surface area contributed by atoms with Crippen LogP contribution in [0.5, 0.6) is 0 Å². The van der Waals surface area contributed by atoms with Gasteiger partial charge in [-0.1, -0.05) is 0 Å². The zero-order valence-electron chi connectivity index (χ0n) is 9.54. The molecule has 0 saturated carbocycles. The van der Waals surface area contributed by atoms with E-state index in [1.807, 2.05) is 0 Å². The quantitative estimate of drug-likeness (QED) is 0.661. The molecule has 15 heavy (non-hydrogen) atoms. The molecule has 1 atom stereocenters. The van der Waals surface area contributed by atoms with Crippen LogP contribution in [0.3, 0.4) is 0 Å². The van der Waals surface area contributed by atoms with Crippen LogP contribution < -0.4 is 11.1 Å². The fourth-order valence-corrected chi connectivity index (χ4v) is 1.62. The topological polar surface area (TPSA) is 75.4 Å². The molecule has 1 aliphatic heterocycles. The molecule has 5 heteroatoms. The number of carbonyl (C=O) groups is 2. The molecule has 0 aliphatic carbocycles. The normalized spacial score (nSPS) is 22.0. The van der Waals surface area contributed by atoms with Gasteiger partial charge in [0.15, 0.2) is 0 Å². The minimum absolute atomic E-state index is 0.0156. The molecule has 1 rings (SSSR count). The third kappa shape index (κ3) is 3.51. The van der Waals surface area contributed by atoms with Crippen molar-refractivity contribution in [1.82, 2.24) is 10.2 Å². The second-order valence-corrected chi connectivity index (χ2v) is 4.83. The standard InChI is InChI=1S/C10H19N3O2/c1-10(2,11)6-8(14)12-7-4-5-13(3)9(7)15/h7H,4-6,11H2,1-3H3,(H,12,14). The van der Waals surface area contributed by atoms with Gasteiger partial charge in [0.25, 0.3) is 0 Å². The molecule has 1 aliphatic rings. The molecule has 3 N–H and O–H groups in total. The van der Waals surface area contributed by atoms with Crippen LogP contribution in [0, 0.1) is 0 Å². The highest BCUT2D eigenvalue weighted by Gasteiger charge is 2.30. The van der Waals surface area contributed by atoms with Crippen LogP contribution in [-0.4, -0.2) is 41.9 Å². The summed E-state index contributed by atoms with van der Waals surface area (Å²) in [4.78, 5) is 24.6. The molecule has 2 amide bonds. The molecular weight excluding hydrogens is 194 g/mol. The number of nitrogens with one attached hydrogen (secondary N) is 1. The Bertz CT molecular complexity index is 270. The first-order valence-corrected chi connectivity index (χ1v) is 5.13. The highest BCUT2D eigenvalue weighted by molar-refractivity contribution is 5.89. The van der Waals surface area contributed by atoms with Crippen LogP contribution in [0.15, 0.2) is 0 Å². The van der Waals surface area contributed by atoms with Gasteiger partial charge in [0.05, 0.1) is 0 Å². The van der Waals surface area contributed by atoms with E-state index in [-0.39, 0.29) is 24.3 Å². The van der Waals surface area contributed by atoms with Gasteiger partial charge in [-0.15, -0.1) is 0 Å². The molecule has 0 radical (unpaired) electrons. The minimum Gasteiger partial charge on any atom is -0.344 e. The van der Waals surface area contributed by atoms with Crippen LogP contribution in [0.4, 0.5) is 0 Å². The van der Waals surface area contributed by atoms with Crippen molar-refractivity contribution in [2.45, 2.75) is 38.3 Å². The molecule has 1 saturated heterocycles. The molecule has 0 aromatic carbocycles. The second-order valence-electron chi connectivity index (χ2n) is 4.83. The van der Waals surface area contributed by atoms with E-state index in [2.05, 4.69) is 5.32 Å². The summed E-state index contributed by atoms with van der Waals surface area (Å²) in [7, 11) is 1.74. The van der Waals surface area contributed by atoms with E-state index in [0.29, 0.717) is 13.0 Å². The predicted octanol–water partition coefficient (Wildman–Crippen LogP) is -0.539. The van der Waals surface area contributed by atoms with Crippen LogP contribution >= 0.6 is 0 Å². The van der Waals surface area contributed by atoms with Gasteiger partial charge in [-0.25, -0.2) is 0 Å². The summed E-state index contributed by atoms with van der Waals surface area (Å²) in [5.74, 6) is -0.172. The van der Waals surface area contributed by atoms with Crippen molar-refractivity contribution in [3.63, 3.8) is 0 Å². The van der Waals surface area contributed by atoms with Gasteiger partial charge in [-0.2, -0.15) is 0 Å². The Hall–Kier alpha value is -1.10. The first-order chi connectivity index (χ1) is 6.79. The van der Waals surface area contributed by atoms with Gasteiger partial charge >= 0.3 is 0 Å². The molecule has 1 fully saturated rings. The van der Waals surface area contributed by atoms with Gasteiger partial charge < -0.3 is 16.0 Å². The van der Waals surface area contributed by atoms with E-state index in [9.17, 15) is 9.59 Å². The zero-order chi connectivity index (χ0) is 11.6. The Labute approximate surface area is 90.0 Å². The lowest BCUT2D eigenvalue weighted by Crippen LogP contribution is -2.45. The number of likely N-dealkylation sites (tertiary alicyclic amines) is 1. The number of hydrogen-bond donors (Lipinski definition) is 2. The van der Waals surface area contributed by atoms with Crippen LogP contribution in [0.25, 0.3) is 0 Å². The lowest BCUT2D eigenvalue weighted by Gasteiger charge is -2.19. The summed E-state index contributed by atoms with van der Waals surface area (Å²) in [5.41, 5.74) is 5.19. The van der Waals surface area contributed by atoms with Crippen LogP contribution in [0.1, 0.15) is 26.7 Å². The van der Waals surface area contributed by atoms with Crippen molar-refractivity contribution in [3.05, 3.63) is 0 Å². The maximum Gasteiger partial charge on any atom is 0.244 e. The van der Waals surface area contributed by atoms with Crippen molar-refractivity contribution in [3.8, 4) is 0 Å². The number of hydrogen-bond acceptors (Lipinski definition) is 3. The van der Waals surface area contributed by atoms with Crippen molar-refractivity contribution in [2.24, 2.45) is 5.73 Å². The summed E-state index contributed by atoms with van der Waals surface area (Å²) in [6, 6.07) is -0.357. The number of likely N-dealkylation sites (N-methyl/N-ethyl adjacent to an activating group) is 1. The highest BCUT2D eigenvalue weighted by atomic mass is 16.2. The molecule has 0 aromatic heterocycles. The van der Waals surface area contributed by atoms with Crippen LogP contribution in [0.2, 0.25) is 0 Å². The largest absolute Gasteiger partial charge is 0.344 e. The van der Waals surface area contributed by atoms with E-state index in [4.69, 9.17) is 5.73 Å². The molecular formula is C10H19N3O2. The number of amides is 2. The number of carbonyl (C=O) groups excluding carboxylic acids is 2. The predicted molar refractivity (Wildman–Crippen MR) is 57.1 cm³/mol. The summed E-state index contributed by atoms with van der Waals surface area (Å²) >= 11 is 0. The summed E-state index contributed by atoms with van der Waals surface area (Å²) in [6.45, 7) is 4.28. The average Bonchev–Trinajstić information content (AvgIpc) is 2.32. The molecule has 0 bridgehead atoms. The Morgan fingerprint density at radius 3 is 2.67 bits per heavy atom. The van der Waals surface area contributed by atoms with E-state index in [0.717, 1.165) is 0 Å². The van der Waals surface area contributed by atoms with Gasteiger partial charge in [0.1, 0.15) is 6.04 Å². The number of nitrogens with two attached hydrogens (primary N) is 1. The van der Waals surface area contributed by atoms with E-state index >= 15 is 0 Å². The number of nitrogens with zero attached hydrogens (tertiary/aromatic N) is 1. The molecule has 1 unspecified atom stereocenters. The van der Waals surface area contributed by atoms with Gasteiger partial charge in [0.2, 0.25) is 11.8 Å². The maximum atomic E-state index is 11.5. The third-order valence-corrected chi connectivity index (χ3v) is 2.38. The number of rotatable bonds is 3. The zero-order valence-corrected chi connectivity index (χ0v) is 9.54. The average molecular weight is 213 g/mol. The second kappa shape index (κ2) is 4.18. The van der Waals surface area contributed by atoms with Gasteiger partial charge in [0, 0.05) is 25.6 Å². The Morgan fingerprint density at radius 2 is 2.27 bits per heavy atom. The molecule has 1 heterocycles. The first-order valence-electron chi connectivity index (χ1n) is 5.13. The lowest BCUT2D eigenvalue weighted by molar-refractivity contribution is -0.132. The van der Waals surface area contributed by atoms with E-state index in [1.54, 1.807) is 25.8 Å². The lowest BCUT2D eigenvalue weighted by atomic mass is 10.0. The smallest absolute Gasteiger partial charge is 0.244 e. The van der Waals surface area contributed by atoms with Gasteiger partial charge in [-0.3, -0.25) is 9.59 Å². The monoisotopic (exact) mass is 213 g/mol. The summed E-state index contributed by atoms with van der Waals surface area (Å²) in [5, 5.41) is 2.71. The summed E-state index contributed by atoms with van der Waals surface area (Å²) < 4.78 is 0. The Balaban J connectivity index is 2.43. The molecule has 0 aromatic rings. The maximum absolute atomic E-state index is 11.5. The molecule has 5 nitrogen and oxygen atoms in total. The minimum atomic E-state index is -0.530. The Kier molecular flexibility index (Phi) is 3.34. The molecule has 86 valence electrons. The first kappa shape index (κ1) is 12.0. The van der Waals surface area contributed by atoms with E-state index < -0.39 is 5.54 Å². The van der Waals surface area contributed by atoms with E-state index in [1.165, 1.54) is 0 Å². The van der Waals surface area contributed by atoms with Crippen molar-refractivity contribution in [2.75, 3.05) is 13.6 Å². The van der Waals surface area contributed by atoms with Crippen molar-refractivity contribution < 1.29 is 9.59 Å².